The number of thiol groups is 1. The van der Waals surface area contributed by atoms with Gasteiger partial charge in [-0.2, -0.15) is 12.6 Å². The monoisotopic (exact) mass is 1190 g/mol. The standard InChI is InChI=1S/C37H53NO11.CH4S.2Ac/c1-19-22(48-30(42)28(40)26(21-14-12-11-13-15-21)38-31(43)49-32(3,4)5)17-36(44)20(2)35(9)34(8,29(41)27(39)25(19)33(36,6)7)23(46-10)16-24-37(35,45)18-47-24;1-2;;/h11-15,20,22-24,26-28,39-40,44-45H,16-18H2,1-10H3,(H,38,43);2H,1H3;;/t20-,22?,23?,24?,26?,27?,28?,34-,35?,36?,37-;;;/m0.../s1. The van der Waals surface area contributed by atoms with E-state index < -0.39 is 93.4 Å². The maximum absolute atomic E-state index is 14.7. The first-order valence-corrected chi connectivity index (χ1v) is 18.3. The Hall–Kier alpha value is 0.363. The number of ketones is 1. The van der Waals surface area contributed by atoms with Gasteiger partial charge in [-0.1, -0.05) is 58.0 Å². The molecule has 53 heavy (non-hydrogen) atoms. The van der Waals surface area contributed by atoms with Gasteiger partial charge in [-0.05, 0) is 63.5 Å². The van der Waals surface area contributed by atoms with Crippen molar-refractivity contribution in [1.82, 2.24) is 5.32 Å². The van der Waals surface area contributed by atoms with Gasteiger partial charge in [0, 0.05) is 119 Å². The van der Waals surface area contributed by atoms with Gasteiger partial charge >= 0.3 is 12.1 Å². The van der Waals surface area contributed by atoms with Crippen LogP contribution < -0.4 is 5.32 Å². The molecule has 1 aromatic carbocycles. The fraction of sp³-hybridized carbons (Fsp3) is 0.711. The Bertz CT molecular complexity index is 1540. The molecule has 2 bridgehead atoms. The van der Waals surface area contributed by atoms with E-state index in [1.54, 1.807) is 98.9 Å². The van der Waals surface area contributed by atoms with E-state index in [-0.39, 0.29) is 113 Å². The fourth-order valence-electron chi connectivity index (χ4n) is 9.57. The van der Waals surface area contributed by atoms with E-state index in [2.05, 4.69) is 17.9 Å². The normalized spacial score (nSPS) is 36.8. The zero-order valence-electron chi connectivity index (χ0n) is 32.8. The number of ether oxygens (including phenoxy) is 4. The molecule has 11 atom stereocenters. The van der Waals surface area contributed by atoms with Crippen molar-refractivity contribution >= 4 is 30.5 Å². The van der Waals surface area contributed by atoms with Crippen molar-refractivity contribution in [3.63, 3.8) is 0 Å². The molecule has 2 radical (unpaired) electrons. The summed E-state index contributed by atoms with van der Waals surface area (Å²) in [5.74, 6) is -2.51. The quantitative estimate of drug-likeness (QED) is 0.139. The zero-order chi connectivity index (χ0) is 38.7. The van der Waals surface area contributed by atoms with Gasteiger partial charge < -0.3 is 44.7 Å². The predicted molar refractivity (Wildman–Crippen MR) is 192 cm³/mol. The molecule has 0 aromatic heterocycles. The molecule has 3 fully saturated rings. The van der Waals surface area contributed by atoms with Crippen LogP contribution in [0.2, 0.25) is 0 Å². The number of carbonyl (C=O) groups is 3. The molecule has 1 aliphatic heterocycles. The maximum Gasteiger partial charge on any atom is 0.408 e. The van der Waals surface area contributed by atoms with Crippen LogP contribution in [0.3, 0.4) is 0 Å². The first-order valence-electron chi connectivity index (χ1n) is 17.4. The number of hydrogen-bond acceptors (Lipinski definition) is 12. The minimum atomic E-state index is -1.90. The van der Waals surface area contributed by atoms with Crippen LogP contribution in [0.15, 0.2) is 41.5 Å². The fourth-order valence-corrected chi connectivity index (χ4v) is 9.57. The van der Waals surface area contributed by atoms with Gasteiger partial charge in [0.25, 0.3) is 0 Å². The molecule has 8 unspecified atom stereocenters. The third-order valence-electron chi connectivity index (χ3n) is 12.8. The summed E-state index contributed by atoms with van der Waals surface area (Å²) in [6, 6.07) is 7.15. The van der Waals surface area contributed by atoms with Crippen LogP contribution in [0.5, 0.6) is 0 Å². The third-order valence-corrected chi connectivity index (χ3v) is 12.8. The van der Waals surface area contributed by atoms with Gasteiger partial charge in [0.05, 0.1) is 35.9 Å². The summed E-state index contributed by atoms with van der Waals surface area (Å²) >= 11 is 3.53. The molecule has 4 aliphatic rings. The number of alkyl carbamates (subject to hydrolysis) is 1. The molecule has 292 valence electrons. The van der Waals surface area contributed by atoms with Gasteiger partial charge in [-0.15, -0.1) is 0 Å². The van der Waals surface area contributed by atoms with Crippen LogP contribution in [0.4, 0.5) is 4.79 Å². The second-order valence-electron chi connectivity index (χ2n) is 16.3. The second kappa shape index (κ2) is 17.7. The number of benzene rings is 1. The molecule has 1 aromatic rings. The average Bonchev–Trinajstić information content (AvgIpc) is 3.06. The summed E-state index contributed by atoms with van der Waals surface area (Å²) in [7, 11) is 1.48. The van der Waals surface area contributed by atoms with Crippen molar-refractivity contribution in [2.45, 2.75) is 129 Å². The molecule has 1 amide bonds. The van der Waals surface area contributed by atoms with Crippen molar-refractivity contribution in [1.29, 1.82) is 0 Å². The molecule has 1 heterocycles. The van der Waals surface area contributed by atoms with Crippen LogP contribution in [0.25, 0.3) is 0 Å². The van der Waals surface area contributed by atoms with Crippen LogP contribution in [0.1, 0.15) is 86.8 Å². The van der Waals surface area contributed by atoms with Crippen molar-refractivity contribution in [3.05, 3.63) is 47.0 Å². The molecule has 2 saturated carbocycles. The molecule has 5 rings (SSSR count). The summed E-state index contributed by atoms with van der Waals surface area (Å²) < 4.78 is 23.0. The number of fused-ring (bicyclic) bond motifs is 5. The SMILES string of the molecule is COC1CC2OC[C@@]2(O)C2(C)[C@H](C)C3(O)CC(OC(=O)C(O)C(NC(=O)OC(C)(C)C)c4ccccc4)C(C)=C(C(O)C(=O)[C@]12C)C3(C)C.CS.[Ac].[Ac]. The van der Waals surface area contributed by atoms with Gasteiger partial charge in [-0.25, -0.2) is 9.59 Å². The van der Waals surface area contributed by atoms with E-state index in [1.165, 1.54) is 7.11 Å². The first-order chi connectivity index (χ1) is 23.5. The van der Waals surface area contributed by atoms with Gasteiger partial charge in [0.2, 0.25) is 0 Å². The Morgan fingerprint density at radius 2 is 1.60 bits per heavy atom. The number of amides is 1. The number of nitrogens with one attached hydrogen (secondary N) is 1. The molecule has 1 saturated heterocycles. The van der Waals surface area contributed by atoms with Crippen LogP contribution in [-0.2, 0) is 28.5 Å². The minimum absolute atomic E-state index is 0. The maximum atomic E-state index is 14.7. The van der Waals surface area contributed by atoms with E-state index in [0.717, 1.165) is 0 Å². The molecular weight excluding hydrogens is 1130 g/mol. The first kappa shape index (κ1) is 49.5. The number of carbonyl (C=O) groups excluding carboxylic acids is 3. The number of rotatable bonds is 6. The van der Waals surface area contributed by atoms with Gasteiger partial charge in [-0.3, -0.25) is 4.79 Å². The molecule has 3 aliphatic carbocycles. The molecule has 12 nitrogen and oxygen atoms in total. The summed E-state index contributed by atoms with van der Waals surface area (Å²) in [4.78, 5) is 41.3. The minimum Gasteiger partial charge on any atom is -0.456 e. The molecular formula is C38H57Ac2NO11S. The molecule has 5 N–H and O–H groups in total. The Labute approximate surface area is 390 Å². The molecule has 0 spiro atoms. The second-order valence-corrected chi connectivity index (χ2v) is 16.3. The Kier molecular flexibility index (Phi) is 16.5. The topological polar surface area (TPSA) is 181 Å². The Balaban J connectivity index is 0.00000239. The van der Waals surface area contributed by atoms with E-state index in [0.29, 0.717) is 11.1 Å². The zero-order valence-corrected chi connectivity index (χ0v) is 43.2. The Morgan fingerprint density at radius 3 is 2.09 bits per heavy atom. The van der Waals surface area contributed by atoms with Crippen molar-refractivity contribution in [3.8, 4) is 0 Å². The van der Waals surface area contributed by atoms with Crippen LogP contribution in [-0.4, -0.2) is 106 Å². The van der Waals surface area contributed by atoms with E-state index >= 15 is 0 Å². The van der Waals surface area contributed by atoms with Crippen LogP contribution >= 0.6 is 12.6 Å². The molecule has 15 heteroatoms. The summed E-state index contributed by atoms with van der Waals surface area (Å²) in [5.41, 5.74) is -7.25. The van der Waals surface area contributed by atoms with Crippen molar-refractivity contribution in [2.24, 2.45) is 22.2 Å². The van der Waals surface area contributed by atoms with E-state index in [1.807, 2.05) is 0 Å². The smallest absolute Gasteiger partial charge is 0.408 e. The Morgan fingerprint density at radius 1 is 1.04 bits per heavy atom. The van der Waals surface area contributed by atoms with E-state index in [9.17, 15) is 34.8 Å². The van der Waals surface area contributed by atoms with Crippen LogP contribution in [0, 0.1) is 110 Å². The average molecular weight is 1190 g/mol. The summed E-state index contributed by atoms with van der Waals surface area (Å²) in [6.45, 7) is 15.3. The number of esters is 1. The number of methoxy groups -OCH3 is 1. The van der Waals surface area contributed by atoms with Gasteiger partial charge in [0.15, 0.2) is 11.9 Å². The number of aliphatic hydroxyl groups is 4. The number of aliphatic hydroxyl groups excluding tert-OH is 2. The summed E-state index contributed by atoms with van der Waals surface area (Å²) in [5, 5.41) is 51.3. The predicted octanol–water partition coefficient (Wildman–Crippen LogP) is 3.69. The van der Waals surface area contributed by atoms with Crippen molar-refractivity contribution in [2.75, 3.05) is 20.0 Å². The summed E-state index contributed by atoms with van der Waals surface area (Å²) in [6.07, 6.45) is -5.34. The number of hydrogen-bond donors (Lipinski definition) is 6. The largest absolute Gasteiger partial charge is 0.456 e. The van der Waals surface area contributed by atoms with E-state index in [4.69, 9.17) is 18.9 Å². The van der Waals surface area contributed by atoms with Gasteiger partial charge in [0.1, 0.15) is 23.4 Å². The van der Waals surface area contributed by atoms with Crippen molar-refractivity contribution < 1.29 is 142 Å². The third kappa shape index (κ3) is 7.94. The number of Topliss-reactive ketones (excluding diaryl/α,β-unsaturated/α-hetero) is 1.